The van der Waals surface area contributed by atoms with E-state index < -0.39 is 12.4 Å². The number of hydrogen-bond donors (Lipinski definition) is 2. The van der Waals surface area contributed by atoms with Gasteiger partial charge in [0.1, 0.15) is 6.10 Å². The molecule has 1 saturated heterocycles. The number of aliphatic hydroxyl groups excluding tert-OH is 2. The van der Waals surface area contributed by atoms with Gasteiger partial charge in [-0.3, -0.25) is 0 Å². The average Bonchev–Trinajstić information content (AvgIpc) is 1.80. The van der Waals surface area contributed by atoms with E-state index in [0.717, 1.165) is 6.42 Å². The molecule has 0 spiro atoms. The SMILES string of the molecule is CC1CCC(O)C(O)O1. The molecule has 1 fully saturated rings. The maximum absolute atomic E-state index is 8.92. The Morgan fingerprint density at radius 2 is 2.00 bits per heavy atom. The Bertz CT molecular complexity index is 94.3. The number of ether oxygens (including phenoxy) is 1. The fourth-order valence-corrected chi connectivity index (χ4v) is 0.945. The molecule has 0 aliphatic carbocycles. The summed E-state index contributed by atoms with van der Waals surface area (Å²) in [4.78, 5) is 0. The van der Waals surface area contributed by atoms with Crippen molar-refractivity contribution in [3.8, 4) is 0 Å². The molecule has 0 amide bonds. The van der Waals surface area contributed by atoms with Crippen LogP contribution in [0.4, 0.5) is 0 Å². The van der Waals surface area contributed by atoms with E-state index in [1.54, 1.807) is 0 Å². The van der Waals surface area contributed by atoms with Crippen molar-refractivity contribution in [2.24, 2.45) is 0 Å². The van der Waals surface area contributed by atoms with E-state index in [9.17, 15) is 0 Å². The molecule has 3 nitrogen and oxygen atoms in total. The Balaban J connectivity index is 2.35. The monoisotopic (exact) mass is 132 g/mol. The first-order chi connectivity index (χ1) is 4.20. The number of hydrogen-bond acceptors (Lipinski definition) is 3. The molecule has 3 heteroatoms. The molecule has 3 atom stereocenters. The quantitative estimate of drug-likeness (QED) is 0.482. The standard InChI is InChI=1S/C6H12O3/c1-4-2-3-5(7)6(8)9-4/h4-8H,2-3H2,1H3. The lowest BCUT2D eigenvalue weighted by Crippen LogP contribution is -2.37. The molecule has 1 rings (SSSR count). The largest absolute Gasteiger partial charge is 0.388 e. The van der Waals surface area contributed by atoms with Crippen LogP contribution >= 0.6 is 0 Å². The highest BCUT2D eigenvalue weighted by atomic mass is 16.6. The van der Waals surface area contributed by atoms with E-state index in [1.165, 1.54) is 0 Å². The molecule has 0 saturated carbocycles. The van der Waals surface area contributed by atoms with Crippen LogP contribution in [0.25, 0.3) is 0 Å². The van der Waals surface area contributed by atoms with Crippen LogP contribution in [0.15, 0.2) is 0 Å². The molecule has 2 N–H and O–H groups in total. The molecule has 54 valence electrons. The minimum atomic E-state index is -0.964. The third-order valence-corrected chi connectivity index (χ3v) is 1.57. The van der Waals surface area contributed by atoms with Gasteiger partial charge < -0.3 is 14.9 Å². The fourth-order valence-electron chi connectivity index (χ4n) is 0.945. The van der Waals surface area contributed by atoms with Gasteiger partial charge in [0.05, 0.1) is 6.10 Å². The topological polar surface area (TPSA) is 49.7 Å². The predicted molar refractivity (Wildman–Crippen MR) is 31.8 cm³/mol. The summed E-state index contributed by atoms with van der Waals surface area (Å²) < 4.78 is 4.90. The van der Waals surface area contributed by atoms with Gasteiger partial charge in [0.25, 0.3) is 0 Å². The average molecular weight is 132 g/mol. The number of aliphatic hydroxyl groups is 2. The van der Waals surface area contributed by atoms with Gasteiger partial charge in [0, 0.05) is 0 Å². The predicted octanol–water partition coefficient (Wildman–Crippen LogP) is -0.135. The zero-order valence-corrected chi connectivity index (χ0v) is 5.45. The van der Waals surface area contributed by atoms with Crippen molar-refractivity contribution in [3.63, 3.8) is 0 Å². The molecular formula is C6H12O3. The molecule has 9 heavy (non-hydrogen) atoms. The lowest BCUT2D eigenvalue weighted by molar-refractivity contribution is -0.210. The first-order valence-electron chi connectivity index (χ1n) is 3.21. The molecule has 0 aromatic carbocycles. The maximum atomic E-state index is 8.92. The van der Waals surface area contributed by atoms with Crippen LogP contribution < -0.4 is 0 Å². The van der Waals surface area contributed by atoms with Crippen molar-refractivity contribution in [1.82, 2.24) is 0 Å². The highest BCUT2D eigenvalue weighted by Gasteiger charge is 2.24. The van der Waals surface area contributed by atoms with E-state index in [1.807, 2.05) is 6.92 Å². The third kappa shape index (κ3) is 1.64. The smallest absolute Gasteiger partial charge is 0.181 e. The molecule has 3 unspecified atom stereocenters. The third-order valence-electron chi connectivity index (χ3n) is 1.57. The van der Waals surface area contributed by atoms with Gasteiger partial charge in [0.15, 0.2) is 6.29 Å². The number of rotatable bonds is 0. The van der Waals surface area contributed by atoms with E-state index in [2.05, 4.69) is 0 Å². The van der Waals surface area contributed by atoms with Gasteiger partial charge in [-0.25, -0.2) is 0 Å². The molecule has 1 heterocycles. The van der Waals surface area contributed by atoms with E-state index in [4.69, 9.17) is 14.9 Å². The van der Waals surface area contributed by atoms with Crippen molar-refractivity contribution >= 4 is 0 Å². The molecule has 1 aliphatic rings. The minimum absolute atomic E-state index is 0.0865. The van der Waals surface area contributed by atoms with Gasteiger partial charge in [-0.05, 0) is 19.8 Å². The summed E-state index contributed by atoms with van der Waals surface area (Å²) in [5.74, 6) is 0. The highest BCUT2D eigenvalue weighted by Crippen LogP contribution is 2.16. The second-order valence-electron chi connectivity index (χ2n) is 2.48. The van der Waals surface area contributed by atoms with Crippen molar-refractivity contribution in [3.05, 3.63) is 0 Å². The molecule has 0 bridgehead atoms. The van der Waals surface area contributed by atoms with Crippen LogP contribution in [-0.4, -0.2) is 28.7 Å². The maximum Gasteiger partial charge on any atom is 0.181 e. The molecule has 1 aliphatic heterocycles. The second kappa shape index (κ2) is 2.64. The Labute approximate surface area is 54.3 Å². The molecular weight excluding hydrogens is 120 g/mol. The van der Waals surface area contributed by atoms with Crippen LogP contribution in [-0.2, 0) is 4.74 Å². The summed E-state index contributed by atoms with van der Waals surface area (Å²) in [6.07, 6.45) is -0.0843. The van der Waals surface area contributed by atoms with Crippen molar-refractivity contribution in [2.75, 3.05) is 0 Å². The molecule has 0 aromatic heterocycles. The second-order valence-corrected chi connectivity index (χ2v) is 2.48. The van der Waals surface area contributed by atoms with Crippen molar-refractivity contribution < 1.29 is 14.9 Å². The van der Waals surface area contributed by atoms with Crippen molar-refractivity contribution in [1.29, 1.82) is 0 Å². The molecule has 0 aromatic rings. The first-order valence-corrected chi connectivity index (χ1v) is 3.21. The van der Waals surface area contributed by atoms with Gasteiger partial charge in [0.2, 0.25) is 0 Å². The van der Waals surface area contributed by atoms with Crippen molar-refractivity contribution in [2.45, 2.75) is 38.3 Å². The van der Waals surface area contributed by atoms with Crippen LogP contribution in [0.1, 0.15) is 19.8 Å². The van der Waals surface area contributed by atoms with E-state index in [-0.39, 0.29) is 6.10 Å². The lowest BCUT2D eigenvalue weighted by Gasteiger charge is -2.28. The van der Waals surface area contributed by atoms with Crippen LogP contribution in [0.5, 0.6) is 0 Å². The van der Waals surface area contributed by atoms with E-state index in [0.29, 0.717) is 6.42 Å². The Hall–Kier alpha value is -0.120. The Kier molecular flexibility index (Phi) is 2.05. The zero-order valence-electron chi connectivity index (χ0n) is 5.45. The fraction of sp³-hybridized carbons (Fsp3) is 1.00. The molecule has 0 radical (unpaired) electrons. The van der Waals surface area contributed by atoms with Crippen LogP contribution in [0.2, 0.25) is 0 Å². The zero-order chi connectivity index (χ0) is 6.85. The van der Waals surface area contributed by atoms with Gasteiger partial charge >= 0.3 is 0 Å². The Morgan fingerprint density at radius 3 is 2.44 bits per heavy atom. The minimum Gasteiger partial charge on any atom is -0.388 e. The Morgan fingerprint density at radius 1 is 1.33 bits per heavy atom. The highest BCUT2D eigenvalue weighted by molar-refractivity contribution is 4.68. The summed E-state index contributed by atoms with van der Waals surface area (Å²) in [5.41, 5.74) is 0. The summed E-state index contributed by atoms with van der Waals surface area (Å²) >= 11 is 0. The van der Waals surface area contributed by atoms with Gasteiger partial charge in [-0.15, -0.1) is 0 Å². The normalized spacial score (nSPS) is 45.0. The first kappa shape index (κ1) is 6.99. The summed E-state index contributed by atoms with van der Waals surface area (Å²) in [7, 11) is 0. The van der Waals surface area contributed by atoms with Gasteiger partial charge in [-0.1, -0.05) is 0 Å². The van der Waals surface area contributed by atoms with Crippen LogP contribution in [0, 0.1) is 0 Å². The van der Waals surface area contributed by atoms with Crippen LogP contribution in [0.3, 0.4) is 0 Å². The van der Waals surface area contributed by atoms with E-state index >= 15 is 0 Å². The summed E-state index contributed by atoms with van der Waals surface area (Å²) in [5, 5.41) is 17.8. The van der Waals surface area contributed by atoms with Gasteiger partial charge in [-0.2, -0.15) is 0 Å². The summed E-state index contributed by atoms with van der Waals surface area (Å²) in [6.45, 7) is 1.88. The summed E-state index contributed by atoms with van der Waals surface area (Å²) in [6, 6.07) is 0. The lowest BCUT2D eigenvalue weighted by atomic mass is 10.1.